The molecule has 0 aliphatic carbocycles. The lowest BCUT2D eigenvalue weighted by Crippen LogP contribution is -2.30. The molecule has 1 aromatic carbocycles. The molecule has 1 aromatic rings. The summed E-state index contributed by atoms with van der Waals surface area (Å²) in [5.74, 6) is -0.0240. The summed E-state index contributed by atoms with van der Waals surface area (Å²) in [6.07, 6.45) is 2.07. The number of benzene rings is 1. The molecule has 1 amide bonds. The van der Waals surface area contributed by atoms with Gasteiger partial charge in [0.15, 0.2) is 0 Å². The average molecular weight is 268 g/mol. The average Bonchev–Trinajstić information content (AvgIpc) is 2.40. The molecule has 1 N–H and O–H groups in total. The molecule has 0 saturated heterocycles. The Morgan fingerprint density at radius 3 is 3.00 bits per heavy atom. The van der Waals surface area contributed by atoms with Gasteiger partial charge in [-0.3, -0.25) is 4.79 Å². The SMILES string of the molecule is O=C(NCCc1cccc(Cl)c1)C1=COCCO1. The van der Waals surface area contributed by atoms with Gasteiger partial charge in [-0.05, 0) is 24.1 Å². The van der Waals surface area contributed by atoms with Gasteiger partial charge >= 0.3 is 0 Å². The second kappa shape index (κ2) is 6.31. The summed E-state index contributed by atoms with van der Waals surface area (Å²) in [6.45, 7) is 1.42. The van der Waals surface area contributed by atoms with Crippen LogP contribution in [0.1, 0.15) is 5.56 Å². The van der Waals surface area contributed by atoms with Crippen LogP contribution in [-0.4, -0.2) is 25.7 Å². The minimum atomic E-state index is -0.253. The maximum atomic E-state index is 11.6. The first-order valence-electron chi connectivity index (χ1n) is 5.73. The number of hydrogen-bond acceptors (Lipinski definition) is 3. The minimum absolute atomic E-state index is 0.229. The Bertz CT molecular complexity index is 459. The predicted molar refractivity (Wildman–Crippen MR) is 68.2 cm³/mol. The third kappa shape index (κ3) is 3.67. The molecule has 0 saturated carbocycles. The van der Waals surface area contributed by atoms with Crippen molar-refractivity contribution in [2.45, 2.75) is 6.42 Å². The highest BCUT2D eigenvalue weighted by Gasteiger charge is 2.13. The molecule has 0 unspecified atom stereocenters. The van der Waals surface area contributed by atoms with Crippen molar-refractivity contribution in [3.8, 4) is 0 Å². The second-order valence-corrected chi connectivity index (χ2v) is 4.27. The maximum Gasteiger partial charge on any atom is 0.289 e. The lowest BCUT2D eigenvalue weighted by Gasteiger charge is -2.14. The fourth-order valence-electron chi connectivity index (χ4n) is 1.59. The van der Waals surface area contributed by atoms with E-state index in [1.165, 1.54) is 6.26 Å². The maximum absolute atomic E-state index is 11.6. The first-order valence-corrected chi connectivity index (χ1v) is 6.11. The molecule has 1 aliphatic rings. The van der Waals surface area contributed by atoms with Crippen LogP contribution >= 0.6 is 11.6 Å². The molecule has 0 aromatic heterocycles. The Balaban J connectivity index is 1.78. The first-order chi connectivity index (χ1) is 8.75. The highest BCUT2D eigenvalue weighted by Crippen LogP contribution is 2.10. The van der Waals surface area contributed by atoms with Crippen molar-refractivity contribution in [2.24, 2.45) is 0 Å². The highest BCUT2D eigenvalue weighted by molar-refractivity contribution is 6.30. The van der Waals surface area contributed by atoms with Crippen LogP contribution in [0.2, 0.25) is 5.02 Å². The number of nitrogens with one attached hydrogen (secondary N) is 1. The predicted octanol–water partition coefficient (Wildman–Crippen LogP) is 1.89. The molecule has 5 heteroatoms. The number of carbonyl (C=O) groups is 1. The van der Waals surface area contributed by atoms with E-state index in [0.717, 1.165) is 12.0 Å². The van der Waals surface area contributed by atoms with E-state index in [2.05, 4.69) is 5.32 Å². The molecule has 18 heavy (non-hydrogen) atoms. The van der Waals surface area contributed by atoms with Gasteiger partial charge in [-0.2, -0.15) is 0 Å². The van der Waals surface area contributed by atoms with Crippen molar-refractivity contribution in [1.82, 2.24) is 5.32 Å². The highest BCUT2D eigenvalue weighted by atomic mass is 35.5. The molecular formula is C13H14ClNO3. The van der Waals surface area contributed by atoms with E-state index in [1.54, 1.807) is 0 Å². The zero-order valence-corrected chi connectivity index (χ0v) is 10.6. The molecule has 0 spiro atoms. The van der Waals surface area contributed by atoms with Gasteiger partial charge in [0.2, 0.25) is 5.76 Å². The molecule has 1 heterocycles. The van der Waals surface area contributed by atoms with Gasteiger partial charge in [0, 0.05) is 11.6 Å². The lowest BCUT2D eigenvalue weighted by atomic mass is 10.1. The van der Waals surface area contributed by atoms with Crippen molar-refractivity contribution < 1.29 is 14.3 Å². The van der Waals surface area contributed by atoms with Crippen LogP contribution in [-0.2, 0) is 20.7 Å². The van der Waals surface area contributed by atoms with Gasteiger partial charge in [0.25, 0.3) is 5.91 Å². The molecule has 2 rings (SSSR count). The number of ether oxygens (including phenoxy) is 2. The van der Waals surface area contributed by atoms with E-state index in [1.807, 2.05) is 24.3 Å². The van der Waals surface area contributed by atoms with E-state index in [-0.39, 0.29) is 11.7 Å². The molecular weight excluding hydrogens is 254 g/mol. The first kappa shape index (κ1) is 12.8. The molecule has 96 valence electrons. The fraction of sp³-hybridized carbons (Fsp3) is 0.308. The molecule has 0 radical (unpaired) electrons. The lowest BCUT2D eigenvalue weighted by molar-refractivity contribution is -0.122. The zero-order chi connectivity index (χ0) is 12.8. The van der Waals surface area contributed by atoms with Crippen molar-refractivity contribution in [2.75, 3.05) is 19.8 Å². The Morgan fingerprint density at radius 2 is 2.28 bits per heavy atom. The summed E-state index contributed by atoms with van der Waals surface area (Å²) in [6, 6.07) is 7.56. The summed E-state index contributed by atoms with van der Waals surface area (Å²) in [7, 11) is 0. The van der Waals surface area contributed by atoms with Crippen LogP contribution in [0.15, 0.2) is 36.3 Å². The standard InChI is InChI=1S/C13H14ClNO3/c14-11-3-1-2-10(8-11)4-5-15-13(16)12-9-17-6-7-18-12/h1-3,8-9H,4-7H2,(H,15,16). The summed E-state index contributed by atoms with van der Waals surface area (Å²) < 4.78 is 10.2. The number of carbonyl (C=O) groups excluding carboxylic acids is 1. The van der Waals surface area contributed by atoms with E-state index in [4.69, 9.17) is 21.1 Å². The van der Waals surface area contributed by atoms with E-state index >= 15 is 0 Å². The van der Waals surface area contributed by atoms with Gasteiger partial charge < -0.3 is 14.8 Å². The van der Waals surface area contributed by atoms with Crippen LogP contribution in [0.3, 0.4) is 0 Å². The molecule has 4 nitrogen and oxygen atoms in total. The van der Waals surface area contributed by atoms with Crippen LogP contribution < -0.4 is 5.32 Å². The van der Waals surface area contributed by atoms with Gasteiger partial charge in [-0.1, -0.05) is 23.7 Å². The Labute approximate surface area is 111 Å². The van der Waals surface area contributed by atoms with Gasteiger partial charge in [-0.15, -0.1) is 0 Å². The fourth-order valence-corrected chi connectivity index (χ4v) is 1.80. The van der Waals surface area contributed by atoms with Crippen molar-refractivity contribution in [3.05, 3.63) is 46.9 Å². The van der Waals surface area contributed by atoms with Crippen LogP contribution in [0.5, 0.6) is 0 Å². The number of hydrogen-bond donors (Lipinski definition) is 1. The second-order valence-electron chi connectivity index (χ2n) is 3.84. The Kier molecular flexibility index (Phi) is 4.47. The topological polar surface area (TPSA) is 47.6 Å². The number of rotatable bonds is 4. The van der Waals surface area contributed by atoms with Gasteiger partial charge in [0.1, 0.15) is 19.5 Å². The van der Waals surface area contributed by atoms with Crippen molar-refractivity contribution in [1.29, 1.82) is 0 Å². The number of amides is 1. The summed E-state index contributed by atoms with van der Waals surface area (Å²) in [5.41, 5.74) is 1.08. The zero-order valence-electron chi connectivity index (χ0n) is 9.82. The monoisotopic (exact) mass is 267 g/mol. The van der Waals surface area contributed by atoms with Crippen molar-refractivity contribution >= 4 is 17.5 Å². The summed E-state index contributed by atoms with van der Waals surface area (Å²) in [5, 5.41) is 3.46. The minimum Gasteiger partial charge on any atom is -0.494 e. The smallest absolute Gasteiger partial charge is 0.289 e. The van der Waals surface area contributed by atoms with E-state index < -0.39 is 0 Å². The normalized spacial score (nSPS) is 14.2. The largest absolute Gasteiger partial charge is 0.494 e. The molecule has 0 bridgehead atoms. The van der Waals surface area contributed by atoms with Crippen LogP contribution in [0.4, 0.5) is 0 Å². The Morgan fingerprint density at radius 1 is 1.39 bits per heavy atom. The third-order valence-electron chi connectivity index (χ3n) is 2.46. The summed E-state index contributed by atoms with van der Waals surface area (Å²) >= 11 is 5.88. The van der Waals surface area contributed by atoms with Gasteiger partial charge in [0.05, 0.1) is 0 Å². The molecule has 0 fully saturated rings. The molecule has 0 atom stereocenters. The third-order valence-corrected chi connectivity index (χ3v) is 2.70. The van der Waals surface area contributed by atoms with Crippen LogP contribution in [0, 0.1) is 0 Å². The van der Waals surface area contributed by atoms with E-state index in [9.17, 15) is 4.79 Å². The Hall–Kier alpha value is -1.68. The quantitative estimate of drug-likeness (QED) is 0.906. The van der Waals surface area contributed by atoms with Crippen molar-refractivity contribution in [3.63, 3.8) is 0 Å². The number of halogens is 1. The van der Waals surface area contributed by atoms with E-state index in [0.29, 0.717) is 24.8 Å². The van der Waals surface area contributed by atoms with Crippen LogP contribution in [0.25, 0.3) is 0 Å². The molecule has 1 aliphatic heterocycles. The van der Waals surface area contributed by atoms with Gasteiger partial charge in [-0.25, -0.2) is 0 Å². The summed E-state index contributed by atoms with van der Waals surface area (Å²) in [4.78, 5) is 11.6.